The normalized spacial score (nSPS) is 12.7. The first-order valence-corrected chi connectivity index (χ1v) is 6.94. The van der Waals surface area contributed by atoms with Crippen LogP contribution in [-0.2, 0) is 11.3 Å². The number of nitrogens with one attached hydrogen (secondary N) is 1. The summed E-state index contributed by atoms with van der Waals surface area (Å²) < 4.78 is 10.3. The Kier molecular flexibility index (Phi) is 6.09. The first kappa shape index (κ1) is 15.8. The van der Waals surface area contributed by atoms with Crippen LogP contribution in [0.3, 0.4) is 0 Å². The lowest BCUT2D eigenvalue weighted by atomic mass is 9.95. The van der Waals surface area contributed by atoms with Crippen LogP contribution in [0.5, 0.6) is 0 Å². The van der Waals surface area contributed by atoms with Gasteiger partial charge in [0.05, 0.1) is 13.7 Å². The largest absolute Gasteiger partial charge is 0.465 e. The maximum absolute atomic E-state index is 11.5. The van der Waals surface area contributed by atoms with E-state index in [1.807, 2.05) is 0 Å². The lowest BCUT2D eigenvalue weighted by Crippen LogP contribution is -2.32. The highest BCUT2D eigenvalue weighted by molar-refractivity contribution is 5.90. The molecule has 0 aliphatic rings. The molecule has 19 heavy (non-hydrogen) atoms. The second kappa shape index (κ2) is 7.34. The number of esters is 1. The van der Waals surface area contributed by atoms with E-state index < -0.39 is 0 Å². The Bertz CT molecular complexity index is 408. The Morgan fingerprint density at radius 1 is 1.42 bits per heavy atom. The predicted octanol–water partition coefficient (Wildman–Crippen LogP) is 3.29. The van der Waals surface area contributed by atoms with Gasteiger partial charge in [0.15, 0.2) is 0 Å². The average Bonchev–Trinajstić information content (AvgIpc) is 2.78. The molecule has 1 aromatic heterocycles. The highest BCUT2D eigenvalue weighted by atomic mass is 16.5. The second-order valence-electron chi connectivity index (χ2n) is 4.92. The number of hydrogen-bond donors (Lipinski definition) is 1. The zero-order chi connectivity index (χ0) is 14.4. The lowest BCUT2D eigenvalue weighted by molar-refractivity contribution is 0.0599. The molecule has 1 atom stereocenters. The van der Waals surface area contributed by atoms with Gasteiger partial charge in [-0.05, 0) is 25.8 Å². The molecule has 4 heteroatoms. The number of methoxy groups -OCH3 is 1. The maximum Gasteiger partial charge on any atom is 0.341 e. The molecule has 1 N–H and O–H groups in total. The minimum Gasteiger partial charge on any atom is -0.465 e. The summed E-state index contributed by atoms with van der Waals surface area (Å²) in [6, 6.07) is 2.19. The zero-order valence-electron chi connectivity index (χ0n) is 12.6. The summed E-state index contributed by atoms with van der Waals surface area (Å²) in [5.74, 6) is 1.70. The van der Waals surface area contributed by atoms with Crippen molar-refractivity contribution in [3.63, 3.8) is 0 Å². The van der Waals surface area contributed by atoms with E-state index in [4.69, 9.17) is 9.15 Å². The van der Waals surface area contributed by atoms with Gasteiger partial charge in [0, 0.05) is 6.04 Å². The summed E-state index contributed by atoms with van der Waals surface area (Å²) in [4.78, 5) is 11.5. The number of hydrogen-bond acceptors (Lipinski definition) is 4. The lowest BCUT2D eigenvalue weighted by Gasteiger charge is -2.21. The Morgan fingerprint density at radius 3 is 2.58 bits per heavy atom. The fourth-order valence-corrected chi connectivity index (χ4v) is 2.37. The van der Waals surface area contributed by atoms with Gasteiger partial charge in [0.2, 0.25) is 0 Å². The minimum absolute atomic E-state index is 0.347. The summed E-state index contributed by atoms with van der Waals surface area (Å²) in [5, 5.41) is 3.45. The summed E-state index contributed by atoms with van der Waals surface area (Å²) in [6.07, 6.45) is 2.32. The Balaban J connectivity index is 2.61. The van der Waals surface area contributed by atoms with Gasteiger partial charge in [-0.2, -0.15) is 0 Å². The highest BCUT2D eigenvalue weighted by Crippen LogP contribution is 2.17. The molecule has 1 aromatic rings. The van der Waals surface area contributed by atoms with Crippen LogP contribution in [0.15, 0.2) is 10.5 Å². The van der Waals surface area contributed by atoms with Crippen LogP contribution in [0.1, 0.15) is 55.5 Å². The van der Waals surface area contributed by atoms with E-state index in [0.29, 0.717) is 29.8 Å². The van der Waals surface area contributed by atoms with Crippen LogP contribution >= 0.6 is 0 Å². The first-order chi connectivity index (χ1) is 9.03. The standard InChI is InChI=1S/C15H25NO3/c1-6-12(7-2)10(3)16-9-13-8-14(11(4)19-13)15(17)18-5/h8,10,12,16H,6-7,9H2,1-5H3. The maximum atomic E-state index is 11.5. The molecule has 0 aliphatic heterocycles. The smallest absolute Gasteiger partial charge is 0.341 e. The van der Waals surface area contributed by atoms with Crippen LogP contribution in [0, 0.1) is 12.8 Å². The van der Waals surface area contributed by atoms with Crippen molar-refractivity contribution in [3.05, 3.63) is 23.2 Å². The van der Waals surface area contributed by atoms with Crippen LogP contribution in [0.2, 0.25) is 0 Å². The number of carbonyl (C=O) groups excluding carboxylic acids is 1. The molecule has 0 radical (unpaired) electrons. The summed E-state index contributed by atoms with van der Waals surface area (Å²) >= 11 is 0. The van der Waals surface area contributed by atoms with Gasteiger partial charge in [-0.25, -0.2) is 4.79 Å². The molecule has 0 fully saturated rings. The van der Waals surface area contributed by atoms with Crippen molar-refractivity contribution in [1.82, 2.24) is 5.32 Å². The van der Waals surface area contributed by atoms with E-state index in [1.165, 1.54) is 7.11 Å². The molecule has 1 heterocycles. The monoisotopic (exact) mass is 267 g/mol. The topological polar surface area (TPSA) is 51.5 Å². The third kappa shape index (κ3) is 4.10. The van der Waals surface area contributed by atoms with E-state index in [2.05, 4.69) is 26.1 Å². The van der Waals surface area contributed by atoms with Gasteiger partial charge in [-0.3, -0.25) is 0 Å². The van der Waals surface area contributed by atoms with E-state index in [9.17, 15) is 4.79 Å². The Hall–Kier alpha value is -1.29. The quantitative estimate of drug-likeness (QED) is 0.770. The number of ether oxygens (including phenoxy) is 1. The van der Waals surface area contributed by atoms with E-state index in [1.54, 1.807) is 13.0 Å². The molecular weight excluding hydrogens is 242 g/mol. The molecule has 0 amide bonds. The highest BCUT2D eigenvalue weighted by Gasteiger charge is 2.17. The Morgan fingerprint density at radius 2 is 2.05 bits per heavy atom. The molecule has 4 nitrogen and oxygen atoms in total. The summed E-state index contributed by atoms with van der Waals surface area (Å²) in [6.45, 7) is 9.02. The van der Waals surface area contributed by atoms with Crippen LogP contribution in [-0.4, -0.2) is 19.1 Å². The van der Waals surface area contributed by atoms with E-state index in [-0.39, 0.29) is 5.97 Å². The average molecular weight is 267 g/mol. The number of carbonyl (C=O) groups is 1. The molecule has 0 bridgehead atoms. The Labute approximate surface area is 115 Å². The van der Waals surface area contributed by atoms with Crippen molar-refractivity contribution in [3.8, 4) is 0 Å². The molecular formula is C15H25NO3. The van der Waals surface area contributed by atoms with Gasteiger partial charge in [-0.1, -0.05) is 26.7 Å². The van der Waals surface area contributed by atoms with Crippen molar-refractivity contribution in [2.24, 2.45) is 5.92 Å². The van der Waals surface area contributed by atoms with Crippen LogP contribution in [0.25, 0.3) is 0 Å². The minimum atomic E-state index is -0.347. The molecule has 1 unspecified atom stereocenters. The number of rotatable bonds is 7. The third-order valence-corrected chi connectivity index (χ3v) is 3.73. The molecule has 108 valence electrons. The molecule has 0 saturated carbocycles. The second-order valence-corrected chi connectivity index (χ2v) is 4.92. The van der Waals surface area contributed by atoms with Crippen molar-refractivity contribution >= 4 is 5.97 Å². The number of furan rings is 1. The van der Waals surface area contributed by atoms with Crippen molar-refractivity contribution in [2.45, 2.75) is 53.1 Å². The van der Waals surface area contributed by atoms with Crippen molar-refractivity contribution in [1.29, 1.82) is 0 Å². The van der Waals surface area contributed by atoms with Gasteiger partial charge in [0.1, 0.15) is 17.1 Å². The summed E-state index contributed by atoms with van der Waals surface area (Å²) in [5.41, 5.74) is 0.509. The number of aryl methyl sites for hydroxylation is 1. The first-order valence-electron chi connectivity index (χ1n) is 6.94. The predicted molar refractivity (Wildman–Crippen MR) is 75.2 cm³/mol. The van der Waals surface area contributed by atoms with E-state index in [0.717, 1.165) is 18.6 Å². The van der Waals surface area contributed by atoms with E-state index >= 15 is 0 Å². The third-order valence-electron chi connectivity index (χ3n) is 3.73. The van der Waals surface area contributed by atoms with Gasteiger partial charge >= 0.3 is 5.97 Å². The van der Waals surface area contributed by atoms with Gasteiger partial charge < -0.3 is 14.5 Å². The molecule has 0 spiro atoms. The SMILES string of the molecule is CCC(CC)C(C)NCc1cc(C(=O)OC)c(C)o1. The fourth-order valence-electron chi connectivity index (χ4n) is 2.37. The zero-order valence-corrected chi connectivity index (χ0v) is 12.6. The molecule has 0 aliphatic carbocycles. The van der Waals surface area contributed by atoms with Crippen LogP contribution in [0.4, 0.5) is 0 Å². The molecule has 0 saturated heterocycles. The van der Waals surface area contributed by atoms with Crippen LogP contribution < -0.4 is 5.32 Å². The summed E-state index contributed by atoms with van der Waals surface area (Å²) in [7, 11) is 1.38. The fraction of sp³-hybridized carbons (Fsp3) is 0.667. The molecule has 0 aromatic carbocycles. The van der Waals surface area contributed by atoms with Gasteiger partial charge in [0.25, 0.3) is 0 Å². The van der Waals surface area contributed by atoms with Gasteiger partial charge in [-0.15, -0.1) is 0 Å². The molecule has 1 rings (SSSR count). The van der Waals surface area contributed by atoms with Crippen molar-refractivity contribution < 1.29 is 13.9 Å². The van der Waals surface area contributed by atoms with Crippen molar-refractivity contribution in [2.75, 3.05) is 7.11 Å².